The van der Waals surface area contributed by atoms with E-state index in [0.717, 1.165) is 16.9 Å². The maximum atomic E-state index is 11.9. The second kappa shape index (κ2) is 6.56. The van der Waals surface area contributed by atoms with Gasteiger partial charge in [0.05, 0.1) is 6.10 Å². The molecule has 0 saturated carbocycles. The van der Waals surface area contributed by atoms with Gasteiger partial charge in [0.25, 0.3) is 0 Å². The summed E-state index contributed by atoms with van der Waals surface area (Å²) in [6.45, 7) is 3.70. The van der Waals surface area contributed by atoms with Crippen molar-refractivity contribution in [3.63, 3.8) is 0 Å². The maximum Gasteiger partial charge on any atom is 0.374 e. The molecular weight excluding hydrogens is 360 g/mol. The van der Waals surface area contributed by atoms with E-state index < -0.39 is 29.5 Å². The van der Waals surface area contributed by atoms with Gasteiger partial charge in [-0.3, -0.25) is 0 Å². The zero-order valence-electron chi connectivity index (χ0n) is 15.7. The molecule has 0 amide bonds. The highest BCUT2D eigenvalue weighted by Gasteiger charge is 2.37. The van der Waals surface area contributed by atoms with E-state index in [1.165, 1.54) is 12.1 Å². The number of aliphatic hydroxyl groups is 2. The van der Waals surface area contributed by atoms with Crippen LogP contribution in [0.2, 0.25) is 0 Å². The molecule has 2 aliphatic heterocycles. The van der Waals surface area contributed by atoms with E-state index in [-0.39, 0.29) is 5.75 Å². The lowest BCUT2D eigenvalue weighted by Gasteiger charge is -2.37. The number of fused-ring (bicyclic) bond motifs is 1. The van der Waals surface area contributed by atoms with Crippen molar-refractivity contribution >= 4 is 11.5 Å². The van der Waals surface area contributed by atoms with Crippen LogP contribution >= 0.6 is 0 Å². The monoisotopic (exact) mass is 382 g/mol. The summed E-state index contributed by atoms with van der Waals surface area (Å²) in [5.41, 5.74) is 2.17. The van der Waals surface area contributed by atoms with Gasteiger partial charge in [0.1, 0.15) is 23.2 Å². The number of ether oxygens (including phenoxy) is 2. The normalized spacial score (nSPS) is 23.2. The van der Waals surface area contributed by atoms with Gasteiger partial charge in [-0.1, -0.05) is 24.3 Å². The molecule has 0 spiro atoms. The molecule has 2 heterocycles. The average Bonchev–Trinajstić information content (AvgIpc) is 2.91. The molecule has 0 aromatic heterocycles. The summed E-state index contributed by atoms with van der Waals surface area (Å²) in [5, 5.41) is 30.0. The van der Waals surface area contributed by atoms with Gasteiger partial charge < -0.3 is 24.8 Å². The minimum absolute atomic E-state index is 0.0989. The van der Waals surface area contributed by atoms with Crippen LogP contribution in [0.4, 0.5) is 0 Å². The summed E-state index contributed by atoms with van der Waals surface area (Å²) >= 11 is 0. The van der Waals surface area contributed by atoms with Gasteiger partial charge in [0.15, 0.2) is 0 Å². The van der Waals surface area contributed by atoms with E-state index in [1.54, 1.807) is 12.1 Å². The minimum Gasteiger partial charge on any atom is -0.508 e. The first-order chi connectivity index (χ1) is 13.2. The molecular formula is C22H22O6. The Hall–Kier alpha value is -2.99. The molecule has 0 fully saturated rings. The van der Waals surface area contributed by atoms with Gasteiger partial charge in [-0.2, -0.15) is 0 Å². The lowest BCUT2D eigenvalue weighted by molar-refractivity contribution is -0.141. The highest BCUT2D eigenvalue weighted by molar-refractivity contribution is 6.00. The van der Waals surface area contributed by atoms with Crippen LogP contribution in [0.15, 0.2) is 48.2 Å². The van der Waals surface area contributed by atoms with Crippen molar-refractivity contribution in [2.24, 2.45) is 0 Å². The molecule has 0 aliphatic carbocycles. The van der Waals surface area contributed by atoms with E-state index in [1.807, 2.05) is 32.0 Å². The van der Waals surface area contributed by atoms with Gasteiger partial charge in [-0.05, 0) is 48.7 Å². The molecule has 146 valence electrons. The predicted molar refractivity (Wildman–Crippen MR) is 102 cm³/mol. The Morgan fingerprint density at radius 1 is 1.11 bits per heavy atom. The fraction of sp³-hybridized carbons (Fsp3) is 0.318. The molecule has 28 heavy (non-hydrogen) atoms. The Balaban J connectivity index is 1.61. The summed E-state index contributed by atoms with van der Waals surface area (Å²) in [7, 11) is 0. The van der Waals surface area contributed by atoms with Crippen LogP contribution in [0.5, 0.6) is 11.5 Å². The topological polar surface area (TPSA) is 96.2 Å². The fourth-order valence-electron chi connectivity index (χ4n) is 3.65. The van der Waals surface area contributed by atoms with E-state index in [2.05, 4.69) is 0 Å². The van der Waals surface area contributed by atoms with Gasteiger partial charge in [-0.15, -0.1) is 0 Å². The lowest BCUT2D eigenvalue weighted by Crippen LogP contribution is -2.46. The summed E-state index contributed by atoms with van der Waals surface area (Å²) in [5.74, 6) is -0.331. The van der Waals surface area contributed by atoms with Crippen LogP contribution < -0.4 is 4.74 Å². The molecule has 0 radical (unpaired) electrons. The molecule has 3 N–H and O–H groups in total. The largest absolute Gasteiger partial charge is 0.508 e. The van der Waals surface area contributed by atoms with Crippen LogP contribution in [-0.4, -0.2) is 39.1 Å². The third kappa shape index (κ3) is 3.20. The third-order valence-electron chi connectivity index (χ3n) is 5.33. The second-order valence-electron chi connectivity index (χ2n) is 7.77. The van der Waals surface area contributed by atoms with E-state index in [0.29, 0.717) is 24.0 Å². The smallest absolute Gasteiger partial charge is 0.374 e. The zero-order valence-corrected chi connectivity index (χ0v) is 15.7. The number of carbonyl (C=O) groups excluding carboxylic acids is 1. The van der Waals surface area contributed by atoms with E-state index in [4.69, 9.17) is 9.47 Å². The molecule has 4 rings (SSSR count). The minimum atomic E-state index is -0.758. The van der Waals surface area contributed by atoms with Crippen LogP contribution in [0.25, 0.3) is 5.57 Å². The van der Waals surface area contributed by atoms with Crippen LogP contribution in [0.3, 0.4) is 0 Å². The Morgan fingerprint density at radius 3 is 2.54 bits per heavy atom. The van der Waals surface area contributed by atoms with Crippen molar-refractivity contribution in [3.8, 4) is 11.5 Å². The average molecular weight is 382 g/mol. The first kappa shape index (κ1) is 18.4. The number of phenolic OH excluding ortho intramolecular Hbond substituents is 1. The summed E-state index contributed by atoms with van der Waals surface area (Å²) in [6.07, 6.45) is -0.400. The number of carbonyl (C=O) groups is 1. The quantitative estimate of drug-likeness (QED) is 0.707. The van der Waals surface area contributed by atoms with E-state index >= 15 is 0 Å². The summed E-state index contributed by atoms with van der Waals surface area (Å²) in [6, 6.07) is 11.9. The van der Waals surface area contributed by atoms with Crippen molar-refractivity contribution in [2.75, 3.05) is 0 Å². The van der Waals surface area contributed by atoms with Crippen LogP contribution in [0, 0.1) is 0 Å². The molecule has 6 nitrogen and oxygen atoms in total. The molecule has 0 unspecified atom stereocenters. The fourth-order valence-corrected chi connectivity index (χ4v) is 3.65. The highest BCUT2D eigenvalue weighted by Crippen LogP contribution is 2.36. The molecule has 0 bridgehead atoms. The number of hydrogen-bond acceptors (Lipinski definition) is 6. The van der Waals surface area contributed by atoms with Crippen molar-refractivity contribution in [1.29, 1.82) is 0 Å². The van der Waals surface area contributed by atoms with Gasteiger partial charge >= 0.3 is 5.97 Å². The number of rotatable bonds is 3. The van der Waals surface area contributed by atoms with Crippen molar-refractivity contribution < 1.29 is 29.6 Å². The lowest BCUT2D eigenvalue weighted by atomic mass is 9.89. The van der Waals surface area contributed by atoms with E-state index in [9.17, 15) is 20.1 Å². The molecule has 2 aromatic carbocycles. The molecule has 2 aliphatic rings. The third-order valence-corrected chi connectivity index (χ3v) is 5.33. The molecule has 6 heteroatoms. The second-order valence-corrected chi connectivity index (χ2v) is 7.77. The summed E-state index contributed by atoms with van der Waals surface area (Å²) < 4.78 is 11.3. The SMILES string of the molecule is CC1(C)Oc2ccc(C[C@H]3OC(=O)C(O)=C3c3ccc(O)cc3)cc2C[C@@H]1O. The number of esters is 1. The first-order valence-corrected chi connectivity index (χ1v) is 9.17. The number of hydrogen-bond donors (Lipinski definition) is 3. The zero-order chi connectivity index (χ0) is 20.1. The van der Waals surface area contributed by atoms with Crippen LogP contribution in [-0.2, 0) is 22.4 Å². The summed E-state index contributed by atoms with van der Waals surface area (Å²) in [4.78, 5) is 11.9. The highest BCUT2D eigenvalue weighted by atomic mass is 16.6. The Morgan fingerprint density at radius 2 is 1.82 bits per heavy atom. The van der Waals surface area contributed by atoms with Crippen LogP contribution in [0.1, 0.15) is 30.5 Å². The number of aromatic hydroxyl groups is 1. The molecule has 2 atom stereocenters. The van der Waals surface area contributed by atoms with Crippen molar-refractivity contribution in [1.82, 2.24) is 0 Å². The Kier molecular flexibility index (Phi) is 4.31. The Bertz CT molecular complexity index is 957. The first-order valence-electron chi connectivity index (χ1n) is 9.17. The number of benzene rings is 2. The van der Waals surface area contributed by atoms with Gasteiger partial charge in [0.2, 0.25) is 5.76 Å². The number of cyclic esters (lactones) is 1. The van der Waals surface area contributed by atoms with Crippen molar-refractivity contribution in [2.45, 2.75) is 44.5 Å². The molecule has 2 aromatic rings. The Labute approximate surface area is 162 Å². The van der Waals surface area contributed by atoms with Gasteiger partial charge in [0, 0.05) is 18.4 Å². The predicted octanol–water partition coefficient (Wildman–Crippen LogP) is 2.90. The number of aliphatic hydroxyl groups excluding tert-OH is 2. The number of phenols is 1. The van der Waals surface area contributed by atoms with Gasteiger partial charge in [-0.25, -0.2) is 4.79 Å². The standard InChI is InChI=1S/C22H22O6/c1-22(2)18(24)11-14-9-12(3-8-16(14)28-22)10-17-19(20(25)21(26)27-17)13-4-6-15(23)7-5-13/h3-9,17-18,23-25H,10-11H2,1-2H3/t17-,18+/m1/s1. The van der Waals surface area contributed by atoms with Crippen molar-refractivity contribution in [3.05, 3.63) is 64.9 Å². The molecule has 0 saturated heterocycles. The maximum absolute atomic E-state index is 11.9.